The Bertz CT molecular complexity index is 630. The second-order valence-electron chi connectivity index (χ2n) is 5.13. The van der Waals surface area contributed by atoms with E-state index in [0.29, 0.717) is 10.0 Å². The summed E-state index contributed by atoms with van der Waals surface area (Å²) in [5.74, 6) is 5.70. The van der Waals surface area contributed by atoms with Crippen molar-refractivity contribution in [3.8, 4) is 0 Å². The quantitative estimate of drug-likeness (QED) is 0.661. The molecule has 104 valence electrons. The highest BCUT2D eigenvalue weighted by molar-refractivity contribution is 9.10. The van der Waals surface area contributed by atoms with Gasteiger partial charge in [0.05, 0.1) is 10.5 Å². The molecular weight excluding hydrogens is 319 g/mol. The van der Waals surface area contributed by atoms with Crippen molar-refractivity contribution in [2.75, 3.05) is 0 Å². The molecule has 0 heterocycles. The van der Waals surface area contributed by atoms with E-state index in [1.807, 2.05) is 18.2 Å². The summed E-state index contributed by atoms with van der Waals surface area (Å²) in [5.41, 5.74) is 6.04. The van der Waals surface area contributed by atoms with Gasteiger partial charge < -0.3 is 0 Å². The second-order valence-corrected chi connectivity index (χ2v) is 5.99. The van der Waals surface area contributed by atoms with E-state index in [1.54, 1.807) is 12.1 Å². The number of nitrogens with two attached hydrogens (primary N) is 1. The number of hydrogen-bond acceptors (Lipinski definition) is 2. The molecule has 3 N–H and O–H groups in total. The SMILES string of the molecule is NNC(c1cccc(Br)c1F)C1CCc2ccccc21. The van der Waals surface area contributed by atoms with Crippen LogP contribution in [0.3, 0.4) is 0 Å². The van der Waals surface area contributed by atoms with E-state index in [4.69, 9.17) is 5.84 Å². The molecule has 2 nitrogen and oxygen atoms in total. The molecule has 0 saturated heterocycles. The van der Waals surface area contributed by atoms with Gasteiger partial charge in [-0.3, -0.25) is 11.3 Å². The van der Waals surface area contributed by atoms with Gasteiger partial charge in [0.1, 0.15) is 5.82 Å². The molecule has 2 unspecified atom stereocenters. The van der Waals surface area contributed by atoms with E-state index in [0.717, 1.165) is 12.8 Å². The van der Waals surface area contributed by atoms with Crippen molar-refractivity contribution in [2.45, 2.75) is 24.8 Å². The normalized spacial score (nSPS) is 18.9. The van der Waals surface area contributed by atoms with Gasteiger partial charge in [-0.2, -0.15) is 0 Å². The molecule has 0 saturated carbocycles. The lowest BCUT2D eigenvalue weighted by Gasteiger charge is -2.25. The number of benzene rings is 2. The molecule has 1 aliphatic rings. The summed E-state index contributed by atoms with van der Waals surface area (Å²) in [6.45, 7) is 0. The van der Waals surface area contributed by atoms with Crippen LogP contribution < -0.4 is 11.3 Å². The summed E-state index contributed by atoms with van der Waals surface area (Å²) in [6.07, 6.45) is 2.01. The smallest absolute Gasteiger partial charge is 0.142 e. The third kappa shape index (κ3) is 2.28. The minimum Gasteiger partial charge on any atom is -0.271 e. The predicted molar refractivity (Wildman–Crippen MR) is 81.7 cm³/mol. The van der Waals surface area contributed by atoms with Crippen molar-refractivity contribution >= 4 is 15.9 Å². The van der Waals surface area contributed by atoms with Crippen LogP contribution in [0.25, 0.3) is 0 Å². The van der Waals surface area contributed by atoms with Crippen LogP contribution in [0.15, 0.2) is 46.9 Å². The monoisotopic (exact) mass is 334 g/mol. The lowest BCUT2D eigenvalue weighted by molar-refractivity contribution is 0.433. The van der Waals surface area contributed by atoms with Gasteiger partial charge in [-0.05, 0) is 46.0 Å². The Labute approximate surface area is 126 Å². The van der Waals surface area contributed by atoms with Crippen LogP contribution in [0, 0.1) is 5.82 Å². The first-order valence-corrected chi connectivity index (χ1v) is 7.49. The van der Waals surface area contributed by atoms with Gasteiger partial charge in [-0.15, -0.1) is 0 Å². The Morgan fingerprint density at radius 2 is 2.00 bits per heavy atom. The maximum atomic E-state index is 14.3. The van der Waals surface area contributed by atoms with Crippen molar-refractivity contribution in [1.29, 1.82) is 0 Å². The third-order valence-electron chi connectivity index (χ3n) is 4.08. The molecule has 0 fully saturated rings. The summed E-state index contributed by atoms with van der Waals surface area (Å²) >= 11 is 3.24. The van der Waals surface area contributed by atoms with Gasteiger partial charge in [0, 0.05) is 11.5 Å². The van der Waals surface area contributed by atoms with Gasteiger partial charge in [-0.25, -0.2) is 4.39 Å². The van der Waals surface area contributed by atoms with E-state index < -0.39 is 0 Å². The lowest BCUT2D eigenvalue weighted by atomic mass is 9.88. The average Bonchev–Trinajstić information content (AvgIpc) is 2.88. The summed E-state index contributed by atoms with van der Waals surface area (Å²) in [7, 11) is 0. The Morgan fingerprint density at radius 1 is 1.20 bits per heavy atom. The van der Waals surface area contributed by atoms with Crippen LogP contribution in [0.2, 0.25) is 0 Å². The van der Waals surface area contributed by atoms with Gasteiger partial charge in [0.15, 0.2) is 0 Å². The molecule has 0 bridgehead atoms. The highest BCUT2D eigenvalue weighted by Gasteiger charge is 2.31. The molecule has 0 aromatic heterocycles. The Kier molecular flexibility index (Phi) is 3.87. The molecule has 20 heavy (non-hydrogen) atoms. The number of rotatable bonds is 3. The summed E-state index contributed by atoms with van der Waals surface area (Å²) in [4.78, 5) is 0. The van der Waals surface area contributed by atoms with Crippen molar-refractivity contribution in [3.63, 3.8) is 0 Å². The first-order valence-electron chi connectivity index (χ1n) is 6.70. The molecule has 2 aromatic carbocycles. The molecule has 0 radical (unpaired) electrons. The fourth-order valence-electron chi connectivity index (χ4n) is 3.12. The molecule has 4 heteroatoms. The highest BCUT2D eigenvalue weighted by atomic mass is 79.9. The zero-order chi connectivity index (χ0) is 14.1. The minimum atomic E-state index is -0.236. The first kappa shape index (κ1) is 13.7. The molecule has 0 aliphatic heterocycles. The number of nitrogens with one attached hydrogen (secondary N) is 1. The van der Waals surface area contributed by atoms with Crippen LogP contribution in [0.5, 0.6) is 0 Å². The van der Waals surface area contributed by atoms with Crippen molar-refractivity contribution in [1.82, 2.24) is 5.43 Å². The van der Waals surface area contributed by atoms with E-state index in [1.165, 1.54) is 11.1 Å². The zero-order valence-electron chi connectivity index (χ0n) is 10.9. The molecule has 2 aromatic rings. The third-order valence-corrected chi connectivity index (χ3v) is 4.69. The lowest BCUT2D eigenvalue weighted by Crippen LogP contribution is -2.32. The number of hydrogen-bond donors (Lipinski definition) is 2. The zero-order valence-corrected chi connectivity index (χ0v) is 12.5. The fraction of sp³-hybridized carbons (Fsp3) is 0.250. The van der Waals surface area contributed by atoms with Gasteiger partial charge >= 0.3 is 0 Å². The van der Waals surface area contributed by atoms with Gasteiger partial charge in [-0.1, -0.05) is 36.4 Å². The van der Waals surface area contributed by atoms with Crippen LogP contribution >= 0.6 is 15.9 Å². The summed E-state index contributed by atoms with van der Waals surface area (Å²) in [6, 6.07) is 13.5. The highest BCUT2D eigenvalue weighted by Crippen LogP contribution is 2.42. The van der Waals surface area contributed by atoms with Crippen molar-refractivity contribution < 1.29 is 4.39 Å². The molecule has 2 atom stereocenters. The fourth-order valence-corrected chi connectivity index (χ4v) is 3.50. The van der Waals surface area contributed by atoms with E-state index in [2.05, 4.69) is 33.5 Å². The van der Waals surface area contributed by atoms with Gasteiger partial charge in [0.25, 0.3) is 0 Å². The molecule has 3 rings (SSSR count). The topological polar surface area (TPSA) is 38.0 Å². The summed E-state index contributed by atoms with van der Waals surface area (Å²) < 4.78 is 14.8. The van der Waals surface area contributed by atoms with Crippen molar-refractivity contribution in [2.24, 2.45) is 5.84 Å². The number of fused-ring (bicyclic) bond motifs is 1. The molecule has 1 aliphatic carbocycles. The predicted octanol–water partition coefficient (Wildman–Crippen LogP) is 3.82. The minimum absolute atomic E-state index is 0.208. The molecular formula is C16H16BrFN2. The van der Waals surface area contributed by atoms with Crippen molar-refractivity contribution in [3.05, 3.63) is 69.4 Å². The second kappa shape index (κ2) is 5.64. The largest absolute Gasteiger partial charge is 0.271 e. The maximum Gasteiger partial charge on any atom is 0.142 e. The standard InChI is InChI=1S/C16H16BrFN2/c17-14-7-3-6-13(15(14)18)16(20-19)12-9-8-10-4-1-2-5-11(10)12/h1-7,12,16,20H,8-9,19H2. The number of aryl methyl sites for hydroxylation is 1. The number of hydrazine groups is 1. The van der Waals surface area contributed by atoms with E-state index in [-0.39, 0.29) is 17.8 Å². The van der Waals surface area contributed by atoms with E-state index in [9.17, 15) is 4.39 Å². The molecule has 0 spiro atoms. The Hall–Kier alpha value is -1.23. The van der Waals surface area contributed by atoms with E-state index >= 15 is 0 Å². The Balaban J connectivity index is 2.02. The maximum absolute atomic E-state index is 14.3. The summed E-state index contributed by atoms with van der Waals surface area (Å²) in [5, 5.41) is 0. The average molecular weight is 335 g/mol. The van der Waals surface area contributed by atoms with Crippen LogP contribution in [0.4, 0.5) is 4.39 Å². The van der Waals surface area contributed by atoms with Gasteiger partial charge in [0.2, 0.25) is 0 Å². The van der Waals surface area contributed by atoms with Crippen LogP contribution in [-0.4, -0.2) is 0 Å². The molecule has 0 amide bonds. The number of halogens is 2. The van der Waals surface area contributed by atoms with Crippen LogP contribution in [0.1, 0.15) is 35.1 Å². The Morgan fingerprint density at radius 3 is 2.80 bits per heavy atom. The van der Waals surface area contributed by atoms with Crippen LogP contribution in [-0.2, 0) is 6.42 Å². The first-order chi connectivity index (χ1) is 9.72.